The maximum Gasteiger partial charge on any atom is 0.420 e. The summed E-state index contributed by atoms with van der Waals surface area (Å²) in [4.78, 5) is 0. The molecule has 2 rings (SSSR count). The Bertz CT molecular complexity index is 724. The maximum atomic E-state index is 12.7. The van der Waals surface area contributed by atoms with E-state index in [-0.39, 0.29) is 11.5 Å². The van der Waals surface area contributed by atoms with Gasteiger partial charge in [-0.3, -0.25) is 0 Å². The van der Waals surface area contributed by atoms with Gasteiger partial charge in [-0.15, -0.1) is 0 Å². The van der Waals surface area contributed by atoms with Gasteiger partial charge in [0.1, 0.15) is 22.8 Å². The van der Waals surface area contributed by atoms with Crippen LogP contribution in [0.4, 0.5) is 26.3 Å². The van der Waals surface area contributed by atoms with Gasteiger partial charge in [-0.05, 0) is 36.4 Å². The summed E-state index contributed by atoms with van der Waals surface area (Å²) in [5, 5.41) is 8.78. The van der Waals surface area contributed by atoms with Crippen LogP contribution in [0.25, 0.3) is 0 Å². The normalized spacial score (nSPS) is 12.3. The summed E-state index contributed by atoms with van der Waals surface area (Å²) < 4.78 is 80.6. The highest BCUT2D eigenvalue weighted by atomic mass is 35.5. The minimum atomic E-state index is -4.81. The minimum Gasteiger partial charge on any atom is -0.507 e. The molecule has 23 heavy (non-hydrogen) atoms. The summed E-state index contributed by atoms with van der Waals surface area (Å²) in [5.74, 6) is -1.58. The molecule has 0 unspecified atom stereocenters. The summed E-state index contributed by atoms with van der Waals surface area (Å²) in [6.07, 6.45) is -9.42. The molecule has 0 radical (unpaired) electrons. The lowest BCUT2D eigenvalue weighted by Crippen LogP contribution is -2.06. The molecular formula is C14H7ClF6O2. The Morgan fingerprint density at radius 2 is 1.52 bits per heavy atom. The van der Waals surface area contributed by atoms with Crippen molar-refractivity contribution in [1.82, 2.24) is 0 Å². The van der Waals surface area contributed by atoms with E-state index in [0.29, 0.717) is 18.2 Å². The first-order valence-electron chi connectivity index (χ1n) is 5.93. The van der Waals surface area contributed by atoms with Crippen molar-refractivity contribution in [3.63, 3.8) is 0 Å². The Hall–Kier alpha value is -2.09. The van der Waals surface area contributed by atoms with Gasteiger partial charge in [0, 0.05) is 0 Å². The fraction of sp³-hybridized carbons (Fsp3) is 0.143. The Morgan fingerprint density at radius 1 is 0.870 bits per heavy atom. The summed E-state index contributed by atoms with van der Waals surface area (Å²) in [6.45, 7) is 0. The number of halogens is 7. The predicted molar refractivity (Wildman–Crippen MR) is 69.6 cm³/mol. The van der Waals surface area contributed by atoms with E-state index in [0.717, 1.165) is 18.2 Å². The monoisotopic (exact) mass is 356 g/mol. The molecule has 0 bridgehead atoms. The number of phenols is 1. The standard InChI is InChI=1S/C14H7ClF6O2/c15-10-5-7(13(16,17)18)1-4-12(10)23-8-2-3-11(22)9(6-8)14(19,20)21/h1-6,22H. The number of hydrogen-bond donors (Lipinski definition) is 1. The molecule has 0 saturated heterocycles. The number of rotatable bonds is 2. The zero-order chi connectivity index (χ0) is 17.4. The molecule has 9 heteroatoms. The predicted octanol–water partition coefficient (Wildman–Crippen LogP) is 5.88. The molecule has 2 nitrogen and oxygen atoms in total. The lowest BCUT2D eigenvalue weighted by molar-refractivity contribution is -0.139. The SMILES string of the molecule is Oc1ccc(Oc2ccc(C(F)(F)F)cc2Cl)cc1C(F)(F)F. The van der Waals surface area contributed by atoms with E-state index in [1.165, 1.54) is 0 Å². The molecule has 0 amide bonds. The van der Waals surface area contributed by atoms with E-state index < -0.39 is 34.3 Å². The van der Waals surface area contributed by atoms with Crippen LogP contribution < -0.4 is 4.74 Å². The third-order valence-electron chi connectivity index (χ3n) is 2.76. The van der Waals surface area contributed by atoms with E-state index >= 15 is 0 Å². The third-order valence-corrected chi connectivity index (χ3v) is 3.06. The summed E-state index contributed by atoms with van der Waals surface area (Å²) in [7, 11) is 0. The molecule has 0 aliphatic rings. The van der Waals surface area contributed by atoms with Gasteiger partial charge in [-0.25, -0.2) is 0 Å². The largest absolute Gasteiger partial charge is 0.507 e. The number of phenolic OH excluding ortho intramolecular Hbond substituents is 1. The fourth-order valence-electron chi connectivity index (χ4n) is 1.69. The maximum absolute atomic E-state index is 12.7. The highest BCUT2D eigenvalue weighted by Gasteiger charge is 2.34. The highest BCUT2D eigenvalue weighted by Crippen LogP contribution is 2.40. The van der Waals surface area contributed by atoms with E-state index in [2.05, 4.69) is 0 Å². The van der Waals surface area contributed by atoms with Crippen molar-refractivity contribution >= 4 is 11.6 Å². The molecule has 0 aliphatic carbocycles. The first kappa shape index (κ1) is 17.3. The van der Waals surface area contributed by atoms with Crippen molar-refractivity contribution in [2.75, 3.05) is 0 Å². The van der Waals surface area contributed by atoms with Gasteiger partial charge < -0.3 is 9.84 Å². The van der Waals surface area contributed by atoms with Crippen LogP contribution in [0.3, 0.4) is 0 Å². The zero-order valence-corrected chi connectivity index (χ0v) is 11.7. The lowest BCUT2D eigenvalue weighted by Gasteiger charge is -2.13. The van der Waals surface area contributed by atoms with Crippen molar-refractivity contribution in [1.29, 1.82) is 0 Å². The molecule has 0 spiro atoms. The topological polar surface area (TPSA) is 29.5 Å². The van der Waals surface area contributed by atoms with Crippen LogP contribution in [0, 0.1) is 0 Å². The molecule has 0 saturated carbocycles. The molecule has 0 aliphatic heterocycles. The van der Waals surface area contributed by atoms with E-state index in [1.807, 2.05) is 0 Å². The second-order valence-corrected chi connectivity index (χ2v) is 4.83. The van der Waals surface area contributed by atoms with Crippen LogP contribution in [0.2, 0.25) is 5.02 Å². The Morgan fingerprint density at radius 3 is 2.04 bits per heavy atom. The molecule has 0 fully saturated rings. The number of hydrogen-bond acceptors (Lipinski definition) is 2. The number of aromatic hydroxyl groups is 1. The van der Waals surface area contributed by atoms with Gasteiger partial charge in [0.25, 0.3) is 0 Å². The zero-order valence-electron chi connectivity index (χ0n) is 11.0. The molecule has 0 heterocycles. The Kier molecular flexibility index (Phi) is 4.39. The van der Waals surface area contributed by atoms with Crippen molar-refractivity contribution in [3.05, 3.63) is 52.5 Å². The van der Waals surface area contributed by atoms with Crippen LogP contribution in [-0.2, 0) is 12.4 Å². The van der Waals surface area contributed by atoms with Crippen molar-refractivity contribution < 1.29 is 36.2 Å². The Balaban J connectivity index is 2.33. The van der Waals surface area contributed by atoms with Gasteiger partial charge in [0.2, 0.25) is 0 Å². The minimum absolute atomic E-state index is 0.251. The van der Waals surface area contributed by atoms with Gasteiger partial charge in [-0.2, -0.15) is 26.3 Å². The van der Waals surface area contributed by atoms with E-state index in [4.69, 9.17) is 16.3 Å². The summed E-state index contributed by atoms with van der Waals surface area (Å²) in [6, 6.07) is 4.48. The molecular weight excluding hydrogens is 350 g/mol. The smallest absolute Gasteiger partial charge is 0.420 e. The lowest BCUT2D eigenvalue weighted by atomic mass is 10.2. The summed E-state index contributed by atoms with van der Waals surface area (Å²) >= 11 is 5.65. The van der Waals surface area contributed by atoms with E-state index in [1.54, 1.807) is 0 Å². The number of alkyl halides is 6. The van der Waals surface area contributed by atoms with Crippen LogP contribution in [-0.4, -0.2) is 5.11 Å². The summed E-state index contributed by atoms with van der Waals surface area (Å²) in [5.41, 5.74) is -2.35. The van der Waals surface area contributed by atoms with Crippen LogP contribution in [0.1, 0.15) is 11.1 Å². The molecule has 2 aromatic rings. The van der Waals surface area contributed by atoms with Crippen molar-refractivity contribution in [3.8, 4) is 17.2 Å². The van der Waals surface area contributed by atoms with Crippen molar-refractivity contribution in [2.24, 2.45) is 0 Å². The van der Waals surface area contributed by atoms with Crippen LogP contribution in [0.15, 0.2) is 36.4 Å². The van der Waals surface area contributed by atoms with Gasteiger partial charge >= 0.3 is 12.4 Å². The molecule has 2 aromatic carbocycles. The average Bonchev–Trinajstić information content (AvgIpc) is 2.40. The second-order valence-electron chi connectivity index (χ2n) is 4.42. The first-order chi connectivity index (χ1) is 10.5. The second kappa shape index (κ2) is 5.84. The quantitative estimate of drug-likeness (QED) is 0.681. The van der Waals surface area contributed by atoms with Gasteiger partial charge in [0.15, 0.2) is 0 Å². The van der Waals surface area contributed by atoms with Crippen LogP contribution in [0.5, 0.6) is 17.2 Å². The Labute approximate surface area is 130 Å². The number of benzene rings is 2. The van der Waals surface area contributed by atoms with Crippen molar-refractivity contribution in [2.45, 2.75) is 12.4 Å². The van der Waals surface area contributed by atoms with Gasteiger partial charge in [0.05, 0.1) is 10.6 Å². The third kappa shape index (κ3) is 4.01. The molecule has 0 atom stereocenters. The first-order valence-corrected chi connectivity index (χ1v) is 6.31. The fourth-order valence-corrected chi connectivity index (χ4v) is 1.91. The van der Waals surface area contributed by atoms with Gasteiger partial charge in [-0.1, -0.05) is 11.6 Å². The van der Waals surface area contributed by atoms with Crippen LogP contribution >= 0.6 is 11.6 Å². The highest BCUT2D eigenvalue weighted by molar-refractivity contribution is 6.32. The van der Waals surface area contributed by atoms with E-state index in [9.17, 15) is 31.4 Å². The molecule has 1 N–H and O–H groups in total. The molecule has 124 valence electrons. The number of ether oxygens (including phenoxy) is 1. The molecule has 0 aromatic heterocycles. The average molecular weight is 357 g/mol.